The lowest BCUT2D eigenvalue weighted by Crippen LogP contribution is -2.37. The largest absolute Gasteiger partial charge is 0.409 e. The maximum atomic E-state index is 8.78. The van der Waals surface area contributed by atoms with Gasteiger partial charge in [-0.1, -0.05) is 5.16 Å². The number of hydrogen-bond acceptors (Lipinski definition) is 6. The number of piperidine rings is 1. The van der Waals surface area contributed by atoms with Gasteiger partial charge in [0.1, 0.15) is 0 Å². The summed E-state index contributed by atoms with van der Waals surface area (Å²) in [5, 5.41) is 11.8. The molecule has 0 radical (unpaired) electrons. The van der Waals surface area contributed by atoms with Crippen LogP contribution in [0.4, 0.5) is 5.82 Å². The maximum absolute atomic E-state index is 8.78. The summed E-state index contributed by atoms with van der Waals surface area (Å²) < 4.78 is 5.18. The Bertz CT molecular complexity index is 444. The SMILES string of the molecule is COCC1CCN(c2nccnc2C(N)=NO)CC1. The van der Waals surface area contributed by atoms with Crippen molar-refractivity contribution in [3.8, 4) is 0 Å². The first-order chi connectivity index (χ1) is 9.26. The molecule has 7 heteroatoms. The number of oxime groups is 1. The summed E-state index contributed by atoms with van der Waals surface area (Å²) in [6.45, 7) is 2.54. The van der Waals surface area contributed by atoms with Gasteiger partial charge >= 0.3 is 0 Å². The average molecular weight is 265 g/mol. The van der Waals surface area contributed by atoms with Crippen LogP contribution in [0.3, 0.4) is 0 Å². The highest BCUT2D eigenvalue weighted by Gasteiger charge is 2.23. The molecule has 7 nitrogen and oxygen atoms in total. The van der Waals surface area contributed by atoms with Gasteiger partial charge in [-0.2, -0.15) is 0 Å². The molecule has 0 saturated carbocycles. The zero-order chi connectivity index (χ0) is 13.7. The molecule has 3 N–H and O–H groups in total. The van der Waals surface area contributed by atoms with Crippen molar-refractivity contribution in [2.75, 3.05) is 31.7 Å². The predicted octanol–water partition coefficient (Wildman–Crippen LogP) is 0.434. The van der Waals surface area contributed by atoms with Crippen LogP contribution in [0.15, 0.2) is 17.5 Å². The van der Waals surface area contributed by atoms with E-state index in [0.717, 1.165) is 32.5 Å². The zero-order valence-corrected chi connectivity index (χ0v) is 11.0. The fourth-order valence-corrected chi connectivity index (χ4v) is 2.34. The summed E-state index contributed by atoms with van der Waals surface area (Å²) >= 11 is 0. The lowest BCUT2D eigenvalue weighted by molar-refractivity contribution is 0.139. The van der Waals surface area contributed by atoms with Gasteiger partial charge in [-0.3, -0.25) is 0 Å². The van der Waals surface area contributed by atoms with Gasteiger partial charge in [0.15, 0.2) is 17.3 Å². The number of aromatic nitrogens is 2. The zero-order valence-electron chi connectivity index (χ0n) is 11.0. The van der Waals surface area contributed by atoms with Gasteiger partial charge in [0.2, 0.25) is 0 Å². The van der Waals surface area contributed by atoms with Crippen molar-refractivity contribution >= 4 is 11.7 Å². The van der Waals surface area contributed by atoms with Gasteiger partial charge in [-0.25, -0.2) is 9.97 Å². The van der Waals surface area contributed by atoms with Crippen LogP contribution in [0.25, 0.3) is 0 Å². The van der Waals surface area contributed by atoms with E-state index in [2.05, 4.69) is 20.0 Å². The molecule has 1 aliphatic heterocycles. The van der Waals surface area contributed by atoms with E-state index in [-0.39, 0.29) is 5.84 Å². The smallest absolute Gasteiger partial charge is 0.192 e. The minimum atomic E-state index is -0.0119. The van der Waals surface area contributed by atoms with Crippen molar-refractivity contribution in [2.24, 2.45) is 16.8 Å². The molecule has 2 heterocycles. The molecule has 0 bridgehead atoms. The lowest BCUT2D eigenvalue weighted by atomic mass is 9.98. The van der Waals surface area contributed by atoms with Crippen LogP contribution in [0.1, 0.15) is 18.5 Å². The third kappa shape index (κ3) is 3.11. The van der Waals surface area contributed by atoms with Gasteiger partial charge in [0, 0.05) is 39.2 Å². The van der Waals surface area contributed by atoms with Crippen LogP contribution >= 0.6 is 0 Å². The summed E-state index contributed by atoms with van der Waals surface area (Å²) in [7, 11) is 1.73. The van der Waals surface area contributed by atoms with Gasteiger partial charge in [0.05, 0.1) is 0 Å². The number of amidine groups is 1. The molecule has 2 rings (SSSR count). The van der Waals surface area contributed by atoms with E-state index in [1.807, 2.05) is 0 Å². The van der Waals surface area contributed by atoms with Crippen molar-refractivity contribution in [1.82, 2.24) is 9.97 Å². The fourth-order valence-electron chi connectivity index (χ4n) is 2.34. The van der Waals surface area contributed by atoms with Crippen LogP contribution in [0.5, 0.6) is 0 Å². The van der Waals surface area contributed by atoms with E-state index in [9.17, 15) is 0 Å². The first-order valence-corrected chi connectivity index (χ1v) is 6.29. The van der Waals surface area contributed by atoms with Crippen molar-refractivity contribution in [3.05, 3.63) is 18.1 Å². The number of methoxy groups -OCH3 is 1. The van der Waals surface area contributed by atoms with Crippen LogP contribution in [-0.4, -0.2) is 47.8 Å². The standard InChI is InChI=1S/C12H19N5O2/c1-19-8-9-2-6-17(7-3-9)12-10(11(13)16-18)14-4-5-15-12/h4-5,9,18H,2-3,6-8H2,1H3,(H2,13,16). The molecule has 19 heavy (non-hydrogen) atoms. The van der Waals surface area contributed by atoms with Crippen molar-refractivity contribution in [3.63, 3.8) is 0 Å². The van der Waals surface area contributed by atoms with E-state index < -0.39 is 0 Å². The second-order valence-corrected chi connectivity index (χ2v) is 4.60. The molecule has 0 aromatic carbocycles. The molecule has 1 aromatic rings. The Morgan fingerprint density at radius 3 is 2.79 bits per heavy atom. The normalized spacial score (nSPS) is 17.7. The van der Waals surface area contributed by atoms with E-state index in [1.165, 1.54) is 6.20 Å². The van der Waals surface area contributed by atoms with Crippen molar-refractivity contribution in [1.29, 1.82) is 0 Å². The molecule has 104 valence electrons. The number of nitrogens with two attached hydrogens (primary N) is 1. The Morgan fingerprint density at radius 2 is 2.16 bits per heavy atom. The predicted molar refractivity (Wildman–Crippen MR) is 71.4 cm³/mol. The van der Waals surface area contributed by atoms with E-state index in [0.29, 0.717) is 17.4 Å². The van der Waals surface area contributed by atoms with Crippen LogP contribution in [-0.2, 0) is 4.74 Å². The number of anilines is 1. The maximum Gasteiger partial charge on any atom is 0.192 e. The molecule has 0 unspecified atom stereocenters. The molecule has 1 fully saturated rings. The monoisotopic (exact) mass is 265 g/mol. The van der Waals surface area contributed by atoms with E-state index >= 15 is 0 Å². The highest BCUT2D eigenvalue weighted by molar-refractivity contribution is 5.99. The Hall–Kier alpha value is -1.89. The molecular weight excluding hydrogens is 246 g/mol. The molecule has 0 atom stereocenters. The Balaban J connectivity index is 2.11. The third-order valence-electron chi connectivity index (χ3n) is 3.35. The quantitative estimate of drug-likeness (QED) is 0.355. The molecular formula is C12H19N5O2. The summed E-state index contributed by atoms with van der Waals surface area (Å²) in [6.07, 6.45) is 5.24. The second-order valence-electron chi connectivity index (χ2n) is 4.60. The summed E-state index contributed by atoms with van der Waals surface area (Å²) in [5.74, 6) is 1.25. The highest BCUT2D eigenvalue weighted by Crippen LogP contribution is 2.23. The third-order valence-corrected chi connectivity index (χ3v) is 3.35. The number of rotatable bonds is 4. The molecule has 1 saturated heterocycles. The van der Waals surface area contributed by atoms with Crippen LogP contribution in [0.2, 0.25) is 0 Å². The average Bonchev–Trinajstić information content (AvgIpc) is 2.47. The summed E-state index contributed by atoms with van der Waals surface area (Å²) in [5.41, 5.74) is 6.05. The van der Waals surface area contributed by atoms with Gasteiger partial charge in [0.25, 0.3) is 0 Å². The summed E-state index contributed by atoms with van der Waals surface area (Å²) in [6, 6.07) is 0. The summed E-state index contributed by atoms with van der Waals surface area (Å²) in [4.78, 5) is 10.6. The number of nitrogens with zero attached hydrogens (tertiary/aromatic N) is 4. The Labute approximate surface area is 112 Å². The first kappa shape index (κ1) is 13.5. The fraction of sp³-hybridized carbons (Fsp3) is 0.583. The number of hydrogen-bond donors (Lipinski definition) is 2. The molecule has 0 spiro atoms. The molecule has 1 aliphatic rings. The minimum absolute atomic E-state index is 0.0119. The lowest BCUT2D eigenvalue weighted by Gasteiger charge is -2.32. The highest BCUT2D eigenvalue weighted by atomic mass is 16.5. The molecule has 0 amide bonds. The van der Waals surface area contributed by atoms with Gasteiger partial charge in [-0.15, -0.1) is 0 Å². The second kappa shape index (κ2) is 6.33. The van der Waals surface area contributed by atoms with E-state index in [4.69, 9.17) is 15.7 Å². The van der Waals surface area contributed by atoms with Crippen LogP contribution < -0.4 is 10.6 Å². The first-order valence-electron chi connectivity index (χ1n) is 6.29. The minimum Gasteiger partial charge on any atom is -0.409 e. The topological polar surface area (TPSA) is 96.9 Å². The van der Waals surface area contributed by atoms with E-state index in [1.54, 1.807) is 13.3 Å². The molecule has 1 aromatic heterocycles. The van der Waals surface area contributed by atoms with Gasteiger partial charge in [-0.05, 0) is 18.8 Å². The van der Waals surface area contributed by atoms with Crippen molar-refractivity contribution in [2.45, 2.75) is 12.8 Å². The van der Waals surface area contributed by atoms with Gasteiger partial charge < -0.3 is 20.6 Å². The number of ether oxygens (including phenoxy) is 1. The molecule has 0 aliphatic carbocycles. The Kier molecular flexibility index (Phi) is 4.51. The Morgan fingerprint density at radius 1 is 1.47 bits per heavy atom. The van der Waals surface area contributed by atoms with Crippen LogP contribution in [0, 0.1) is 5.92 Å². The van der Waals surface area contributed by atoms with Crippen molar-refractivity contribution < 1.29 is 9.94 Å².